The van der Waals surface area contributed by atoms with E-state index in [2.05, 4.69) is 4.72 Å². The molecular formula is C8H19N3O2S. The molecule has 0 aromatic heterocycles. The van der Waals surface area contributed by atoms with Gasteiger partial charge in [0.25, 0.3) is 10.2 Å². The molecule has 0 aromatic rings. The van der Waals surface area contributed by atoms with Crippen molar-refractivity contribution in [2.24, 2.45) is 11.7 Å². The molecule has 84 valence electrons. The van der Waals surface area contributed by atoms with Crippen LogP contribution in [-0.2, 0) is 10.2 Å². The summed E-state index contributed by atoms with van der Waals surface area (Å²) in [6, 6.07) is 0. The maximum Gasteiger partial charge on any atom is 0.279 e. The molecule has 5 nitrogen and oxygen atoms in total. The van der Waals surface area contributed by atoms with Crippen LogP contribution in [0.4, 0.5) is 0 Å². The van der Waals surface area contributed by atoms with Crippen molar-refractivity contribution < 1.29 is 8.42 Å². The maximum atomic E-state index is 11.5. The number of rotatable bonds is 4. The lowest BCUT2D eigenvalue weighted by Crippen LogP contribution is -2.72. The van der Waals surface area contributed by atoms with Gasteiger partial charge in [-0.05, 0) is 5.92 Å². The zero-order valence-electron chi connectivity index (χ0n) is 8.95. The van der Waals surface area contributed by atoms with Gasteiger partial charge in [0.2, 0.25) is 0 Å². The Morgan fingerprint density at radius 2 is 2.00 bits per heavy atom. The van der Waals surface area contributed by atoms with Gasteiger partial charge in [-0.1, -0.05) is 20.8 Å². The fourth-order valence-corrected chi connectivity index (χ4v) is 2.79. The highest BCUT2D eigenvalue weighted by molar-refractivity contribution is 7.87. The lowest BCUT2D eigenvalue weighted by Gasteiger charge is -2.49. The normalized spacial score (nSPS) is 22.4. The number of nitrogens with two attached hydrogens (primary N) is 1. The van der Waals surface area contributed by atoms with Crippen LogP contribution < -0.4 is 10.5 Å². The zero-order valence-corrected chi connectivity index (χ0v) is 9.76. The van der Waals surface area contributed by atoms with E-state index < -0.39 is 10.2 Å². The zero-order chi connectivity index (χ0) is 11.0. The first-order chi connectivity index (χ1) is 6.32. The molecule has 0 bridgehead atoms. The molecule has 0 amide bonds. The molecule has 0 aliphatic carbocycles. The Labute approximate surface area is 85.8 Å². The molecule has 1 rings (SSSR count). The summed E-state index contributed by atoms with van der Waals surface area (Å²) in [7, 11) is -3.27. The van der Waals surface area contributed by atoms with Crippen LogP contribution in [0.3, 0.4) is 0 Å². The second kappa shape index (κ2) is 3.77. The van der Waals surface area contributed by atoms with Gasteiger partial charge in [0.15, 0.2) is 0 Å². The maximum absolute atomic E-state index is 11.5. The van der Waals surface area contributed by atoms with Gasteiger partial charge in [-0.15, -0.1) is 0 Å². The monoisotopic (exact) mass is 221 g/mol. The van der Waals surface area contributed by atoms with Gasteiger partial charge in [0.1, 0.15) is 0 Å². The number of hydrogen-bond donors (Lipinski definition) is 2. The Morgan fingerprint density at radius 1 is 1.50 bits per heavy atom. The minimum atomic E-state index is -3.27. The fourth-order valence-electron chi connectivity index (χ4n) is 1.42. The van der Waals surface area contributed by atoms with Gasteiger partial charge < -0.3 is 5.73 Å². The van der Waals surface area contributed by atoms with Crippen molar-refractivity contribution in [1.29, 1.82) is 0 Å². The van der Waals surface area contributed by atoms with Crippen molar-refractivity contribution in [3.8, 4) is 0 Å². The summed E-state index contributed by atoms with van der Waals surface area (Å²) in [5, 5.41) is 0. The Kier molecular flexibility index (Phi) is 3.20. The number of nitrogens with zero attached hydrogens (tertiary/aromatic N) is 1. The van der Waals surface area contributed by atoms with Crippen molar-refractivity contribution in [2.75, 3.05) is 19.6 Å². The van der Waals surface area contributed by atoms with Crippen LogP contribution in [0.1, 0.15) is 20.8 Å². The molecule has 0 aromatic carbocycles. The molecular weight excluding hydrogens is 202 g/mol. The van der Waals surface area contributed by atoms with E-state index in [1.807, 2.05) is 13.8 Å². The first-order valence-electron chi connectivity index (χ1n) is 4.85. The molecule has 0 atom stereocenters. The van der Waals surface area contributed by atoms with Crippen LogP contribution in [0.2, 0.25) is 0 Å². The van der Waals surface area contributed by atoms with Crippen LogP contribution in [0.25, 0.3) is 0 Å². The number of hydrogen-bond acceptors (Lipinski definition) is 3. The second-order valence-corrected chi connectivity index (χ2v) is 5.91. The standard InChI is InChI=1S/C8H19N3O2S/c1-4-10-14(12,13)11-5-8(9,6-11)7(2)3/h7,10H,4-6,9H2,1-3H3. The van der Waals surface area contributed by atoms with Crippen molar-refractivity contribution in [3.05, 3.63) is 0 Å². The Balaban J connectivity index is 2.57. The molecule has 1 saturated heterocycles. The summed E-state index contributed by atoms with van der Waals surface area (Å²) in [4.78, 5) is 0. The van der Waals surface area contributed by atoms with Gasteiger partial charge >= 0.3 is 0 Å². The molecule has 1 aliphatic heterocycles. The van der Waals surface area contributed by atoms with Crippen molar-refractivity contribution in [2.45, 2.75) is 26.3 Å². The quantitative estimate of drug-likeness (QED) is 0.672. The number of nitrogens with one attached hydrogen (secondary N) is 1. The second-order valence-electron chi connectivity index (χ2n) is 4.16. The van der Waals surface area contributed by atoms with Gasteiger partial charge in [0.05, 0.1) is 0 Å². The van der Waals surface area contributed by atoms with E-state index in [0.29, 0.717) is 25.6 Å². The smallest absolute Gasteiger partial charge is 0.279 e. The van der Waals surface area contributed by atoms with Crippen LogP contribution in [0.5, 0.6) is 0 Å². The molecule has 1 heterocycles. The van der Waals surface area contributed by atoms with Gasteiger partial charge in [-0.2, -0.15) is 12.7 Å². The third-order valence-electron chi connectivity index (χ3n) is 2.76. The molecule has 0 saturated carbocycles. The average Bonchev–Trinajstić information content (AvgIpc) is 1.97. The van der Waals surface area contributed by atoms with Crippen molar-refractivity contribution in [1.82, 2.24) is 9.03 Å². The molecule has 6 heteroatoms. The summed E-state index contributed by atoms with van der Waals surface area (Å²) >= 11 is 0. The van der Waals surface area contributed by atoms with Crippen molar-refractivity contribution >= 4 is 10.2 Å². The van der Waals surface area contributed by atoms with E-state index in [1.165, 1.54) is 4.31 Å². The molecule has 1 fully saturated rings. The van der Waals surface area contributed by atoms with Crippen LogP contribution >= 0.6 is 0 Å². The van der Waals surface area contributed by atoms with Gasteiger partial charge in [0, 0.05) is 25.2 Å². The first-order valence-corrected chi connectivity index (χ1v) is 6.29. The highest BCUT2D eigenvalue weighted by atomic mass is 32.2. The highest BCUT2D eigenvalue weighted by Gasteiger charge is 2.46. The highest BCUT2D eigenvalue weighted by Crippen LogP contribution is 2.27. The molecule has 0 radical (unpaired) electrons. The predicted octanol–water partition coefficient (Wildman–Crippen LogP) is -0.490. The minimum absolute atomic E-state index is 0.301. The molecule has 14 heavy (non-hydrogen) atoms. The largest absolute Gasteiger partial charge is 0.323 e. The van der Waals surface area contributed by atoms with Crippen LogP contribution in [0.15, 0.2) is 0 Å². The molecule has 1 aliphatic rings. The SMILES string of the molecule is CCNS(=O)(=O)N1CC(N)(C(C)C)C1. The average molecular weight is 221 g/mol. The van der Waals surface area contributed by atoms with E-state index in [4.69, 9.17) is 5.73 Å². The van der Waals surface area contributed by atoms with Gasteiger partial charge in [-0.25, -0.2) is 4.72 Å². The van der Waals surface area contributed by atoms with Gasteiger partial charge in [-0.3, -0.25) is 0 Å². The third kappa shape index (κ3) is 2.08. The Hall–Kier alpha value is -0.170. The molecule has 0 unspecified atom stereocenters. The van der Waals surface area contributed by atoms with E-state index in [0.717, 1.165) is 0 Å². The lowest BCUT2D eigenvalue weighted by atomic mass is 9.82. The van der Waals surface area contributed by atoms with Crippen LogP contribution in [-0.4, -0.2) is 37.9 Å². The van der Waals surface area contributed by atoms with E-state index in [-0.39, 0.29) is 5.54 Å². The lowest BCUT2D eigenvalue weighted by molar-refractivity contribution is 0.109. The molecule has 3 N–H and O–H groups in total. The van der Waals surface area contributed by atoms with E-state index in [1.54, 1.807) is 6.92 Å². The van der Waals surface area contributed by atoms with E-state index in [9.17, 15) is 8.42 Å². The third-order valence-corrected chi connectivity index (χ3v) is 4.35. The Bertz CT molecular complexity index is 294. The summed E-state index contributed by atoms with van der Waals surface area (Å²) in [6.07, 6.45) is 0. The predicted molar refractivity (Wildman–Crippen MR) is 55.9 cm³/mol. The summed E-state index contributed by atoms with van der Waals surface area (Å²) in [5.74, 6) is 0.301. The first kappa shape index (κ1) is 11.9. The fraction of sp³-hybridized carbons (Fsp3) is 1.00. The summed E-state index contributed by atoms with van der Waals surface area (Å²) in [6.45, 7) is 7.03. The topological polar surface area (TPSA) is 75.4 Å². The summed E-state index contributed by atoms with van der Waals surface area (Å²) < 4.78 is 26.8. The molecule has 0 spiro atoms. The van der Waals surface area contributed by atoms with Crippen LogP contribution in [0, 0.1) is 5.92 Å². The van der Waals surface area contributed by atoms with E-state index >= 15 is 0 Å². The Morgan fingerprint density at radius 3 is 2.36 bits per heavy atom. The van der Waals surface area contributed by atoms with Crippen molar-refractivity contribution in [3.63, 3.8) is 0 Å². The summed E-state index contributed by atoms with van der Waals surface area (Å²) in [5.41, 5.74) is 5.65. The minimum Gasteiger partial charge on any atom is -0.323 e.